The van der Waals surface area contributed by atoms with E-state index in [1.54, 1.807) is 11.8 Å². The fraction of sp³-hybridized carbons (Fsp3) is 0.818. The largest absolute Gasteiger partial charge is 0.525 e. The quantitative estimate of drug-likeness (QED) is 0.660. The summed E-state index contributed by atoms with van der Waals surface area (Å²) in [4.78, 5) is 0. The summed E-state index contributed by atoms with van der Waals surface area (Å²) in [5.41, 5.74) is -0.269. The Morgan fingerprint density at radius 2 is 1.81 bits per heavy atom. The fourth-order valence-electron chi connectivity index (χ4n) is 1.76. The van der Waals surface area contributed by atoms with Crippen LogP contribution in [0.2, 0.25) is 0 Å². The third kappa shape index (κ3) is 2.05. The summed E-state index contributed by atoms with van der Waals surface area (Å²) < 4.78 is 25.5. The molecule has 5 heteroatoms. The molecule has 16 heavy (non-hydrogen) atoms. The van der Waals surface area contributed by atoms with E-state index in [0.29, 0.717) is 0 Å². The van der Waals surface area contributed by atoms with Gasteiger partial charge in [-0.1, -0.05) is 0 Å². The summed E-state index contributed by atoms with van der Waals surface area (Å²) in [6.45, 7) is 7.76. The van der Waals surface area contributed by atoms with Crippen molar-refractivity contribution in [3.05, 3.63) is 11.3 Å². The van der Waals surface area contributed by atoms with Crippen molar-refractivity contribution in [2.24, 2.45) is 0 Å². The van der Waals surface area contributed by atoms with E-state index in [1.807, 2.05) is 27.7 Å². The minimum atomic E-state index is -0.807. The van der Waals surface area contributed by atoms with Gasteiger partial charge in [0.15, 0.2) is 0 Å². The lowest BCUT2D eigenvalue weighted by molar-refractivity contribution is 0.00578. The SMILES string of the molecule is CC1(C)OB(C(F)=C2CCSC2)OC1(C)C. The minimum Gasteiger partial charge on any atom is -0.398 e. The van der Waals surface area contributed by atoms with E-state index in [1.165, 1.54) is 0 Å². The van der Waals surface area contributed by atoms with Crippen LogP contribution in [0.4, 0.5) is 4.39 Å². The van der Waals surface area contributed by atoms with Gasteiger partial charge in [0, 0.05) is 5.75 Å². The molecule has 0 atom stereocenters. The van der Waals surface area contributed by atoms with Gasteiger partial charge in [-0.05, 0) is 45.4 Å². The summed E-state index contributed by atoms with van der Waals surface area (Å²) >= 11 is 1.76. The van der Waals surface area contributed by atoms with Crippen LogP contribution in [0.25, 0.3) is 0 Å². The average Bonchev–Trinajstić information content (AvgIpc) is 2.72. The summed E-state index contributed by atoms with van der Waals surface area (Å²) in [7, 11) is -0.807. The van der Waals surface area contributed by atoms with Gasteiger partial charge >= 0.3 is 7.12 Å². The zero-order valence-electron chi connectivity index (χ0n) is 10.3. The van der Waals surface area contributed by atoms with Gasteiger partial charge < -0.3 is 9.31 Å². The lowest BCUT2D eigenvalue weighted by Gasteiger charge is -2.32. The molecule has 0 amide bonds. The van der Waals surface area contributed by atoms with Gasteiger partial charge in [0.05, 0.1) is 11.2 Å². The maximum Gasteiger partial charge on any atom is 0.525 e. The monoisotopic (exact) mass is 244 g/mol. The molecule has 0 spiro atoms. The molecule has 2 heterocycles. The normalized spacial score (nSPS) is 30.9. The van der Waals surface area contributed by atoms with Crippen LogP contribution in [-0.4, -0.2) is 29.8 Å². The van der Waals surface area contributed by atoms with Crippen molar-refractivity contribution in [1.29, 1.82) is 0 Å². The third-order valence-electron chi connectivity index (χ3n) is 3.62. The highest BCUT2D eigenvalue weighted by molar-refractivity contribution is 7.99. The minimum absolute atomic E-state index is 0.205. The Bertz CT molecular complexity index is 304. The third-order valence-corrected chi connectivity index (χ3v) is 4.67. The molecule has 0 aromatic carbocycles. The highest BCUT2D eigenvalue weighted by atomic mass is 32.2. The van der Waals surface area contributed by atoms with Crippen molar-refractivity contribution in [1.82, 2.24) is 0 Å². The van der Waals surface area contributed by atoms with E-state index in [-0.39, 0.29) is 5.73 Å². The first-order valence-corrected chi connectivity index (χ1v) is 6.80. The zero-order valence-corrected chi connectivity index (χ0v) is 11.1. The lowest BCUT2D eigenvalue weighted by atomic mass is 9.84. The van der Waals surface area contributed by atoms with Crippen molar-refractivity contribution >= 4 is 18.9 Å². The van der Waals surface area contributed by atoms with Crippen LogP contribution in [0.5, 0.6) is 0 Å². The van der Waals surface area contributed by atoms with Gasteiger partial charge in [-0.2, -0.15) is 11.8 Å². The predicted molar refractivity (Wildman–Crippen MR) is 66.2 cm³/mol. The Hall–Kier alpha value is 0.00494. The Labute approximate surface area is 101 Å². The molecule has 0 N–H and O–H groups in total. The van der Waals surface area contributed by atoms with Crippen molar-refractivity contribution in [3.63, 3.8) is 0 Å². The Morgan fingerprint density at radius 1 is 1.25 bits per heavy atom. The second kappa shape index (κ2) is 4.04. The van der Waals surface area contributed by atoms with E-state index < -0.39 is 18.3 Å². The zero-order chi connectivity index (χ0) is 12.0. The maximum atomic E-state index is 14.1. The van der Waals surface area contributed by atoms with Crippen LogP contribution >= 0.6 is 11.8 Å². The molecular formula is C11H18BFO2S. The van der Waals surface area contributed by atoms with E-state index in [9.17, 15) is 4.39 Å². The first kappa shape index (κ1) is 12.5. The first-order chi connectivity index (χ1) is 7.33. The molecule has 0 bridgehead atoms. The highest BCUT2D eigenvalue weighted by Crippen LogP contribution is 2.40. The van der Waals surface area contributed by atoms with Crippen LogP contribution < -0.4 is 0 Å². The van der Waals surface area contributed by atoms with Gasteiger partial charge in [0.2, 0.25) is 0 Å². The predicted octanol–water partition coefficient (Wildman–Crippen LogP) is 2.98. The lowest BCUT2D eigenvalue weighted by Crippen LogP contribution is -2.41. The molecule has 0 aliphatic carbocycles. The standard InChI is InChI=1S/C11H18BFO2S/c1-10(2)11(3,4)15-12(14-10)9(13)8-5-6-16-7-8/h5-7H2,1-4H3. The molecule has 2 rings (SSSR count). The molecule has 0 aromatic rings. The second-order valence-electron chi connectivity index (χ2n) is 5.34. The molecule has 0 radical (unpaired) electrons. The van der Waals surface area contributed by atoms with Crippen molar-refractivity contribution < 1.29 is 13.7 Å². The molecule has 2 aliphatic heterocycles. The summed E-state index contributed by atoms with van der Waals surface area (Å²) in [5.74, 6) is 1.78. The van der Waals surface area contributed by atoms with E-state index in [2.05, 4.69) is 0 Å². The van der Waals surface area contributed by atoms with Crippen molar-refractivity contribution in [2.75, 3.05) is 11.5 Å². The number of hydrogen-bond acceptors (Lipinski definition) is 3. The highest BCUT2D eigenvalue weighted by Gasteiger charge is 2.53. The summed E-state index contributed by atoms with van der Waals surface area (Å²) in [6.07, 6.45) is 0.820. The summed E-state index contributed by atoms with van der Waals surface area (Å²) in [6, 6.07) is 0. The van der Waals surface area contributed by atoms with Crippen LogP contribution in [0, 0.1) is 0 Å². The van der Waals surface area contributed by atoms with Crippen molar-refractivity contribution in [2.45, 2.75) is 45.3 Å². The molecular weight excluding hydrogens is 226 g/mol. The average molecular weight is 244 g/mol. The number of halogens is 1. The molecule has 0 aromatic heterocycles. The maximum absolute atomic E-state index is 14.1. The molecule has 2 nitrogen and oxygen atoms in total. The summed E-state index contributed by atoms with van der Waals surface area (Å²) in [5, 5.41) is 0. The van der Waals surface area contributed by atoms with E-state index in [4.69, 9.17) is 9.31 Å². The van der Waals surface area contributed by atoms with Gasteiger partial charge in [-0.25, -0.2) is 4.39 Å². The van der Waals surface area contributed by atoms with E-state index >= 15 is 0 Å². The Kier molecular flexibility index (Phi) is 3.14. The van der Waals surface area contributed by atoms with Crippen LogP contribution in [0.15, 0.2) is 11.3 Å². The fourth-order valence-corrected chi connectivity index (χ4v) is 2.83. The smallest absolute Gasteiger partial charge is 0.398 e. The number of hydrogen-bond donors (Lipinski definition) is 0. The van der Waals surface area contributed by atoms with Crippen molar-refractivity contribution in [3.8, 4) is 0 Å². The van der Waals surface area contributed by atoms with Gasteiger partial charge in [-0.15, -0.1) is 0 Å². The molecule has 2 saturated heterocycles. The molecule has 0 saturated carbocycles. The molecule has 2 aliphatic rings. The van der Waals surface area contributed by atoms with Gasteiger partial charge in [-0.3, -0.25) is 0 Å². The van der Waals surface area contributed by atoms with Crippen LogP contribution in [0.1, 0.15) is 34.1 Å². The topological polar surface area (TPSA) is 18.5 Å². The molecule has 0 unspecified atom stereocenters. The first-order valence-electron chi connectivity index (χ1n) is 5.64. The number of thioether (sulfide) groups is 1. The van der Waals surface area contributed by atoms with Crippen LogP contribution in [0.3, 0.4) is 0 Å². The van der Waals surface area contributed by atoms with Crippen LogP contribution in [-0.2, 0) is 9.31 Å². The number of rotatable bonds is 1. The van der Waals surface area contributed by atoms with Gasteiger partial charge in [0.25, 0.3) is 0 Å². The Balaban J connectivity index is 2.17. The second-order valence-corrected chi connectivity index (χ2v) is 6.45. The molecule has 2 fully saturated rings. The molecule has 90 valence electrons. The Morgan fingerprint density at radius 3 is 2.25 bits per heavy atom. The van der Waals surface area contributed by atoms with E-state index in [0.717, 1.165) is 23.5 Å². The van der Waals surface area contributed by atoms with Gasteiger partial charge in [0.1, 0.15) is 5.73 Å².